The van der Waals surface area contributed by atoms with Gasteiger partial charge in [0.15, 0.2) is 0 Å². The van der Waals surface area contributed by atoms with Crippen LogP contribution in [0.15, 0.2) is 30.3 Å². The Hall–Kier alpha value is -3.45. The standard InChI is InChI=1S/C30H36N6O/c1-17-12-21(20-6-7-25-26(14-20)33-19(3)32-25)13-22-16-36(10-11-37-27(17)22)29-23-15-30(4,5)9-8-24(23)34-28(35-29)18(2)31/h6-7,12-14,18H,8-11,15-16,31H2,1-5H3,(H,32,33). The molecule has 192 valence electrons. The number of ether oxygens (including phenoxy) is 1. The lowest BCUT2D eigenvalue weighted by molar-refractivity contribution is 0.310. The van der Waals surface area contributed by atoms with Gasteiger partial charge in [0.1, 0.15) is 29.8 Å². The van der Waals surface area contributed by atoms with Crippen LogP contribution in [0.2, 0.25) is 0 Å². The van der Waals surface area contributed by atoms with Crippen molar-refractivity contribution in [3.05, 3.63) is 64.4 Å². The Morgan fingerprint density at radius 2 is 1.92 bits per heavy atom. The molecule has 0 bridgehead atoms. The summed E-state index contributed by atoms with van der Waals surface area (Å²) >= 11 is 0. The van der Waals surface area contributed by atoms with Gasteiger partial charge in [-0.2, -0.15) is 0 Å². The Balaban J connectivity index is 1.42. The maximum Gasteiger partial charge on any atom is 0.147 e. The Labute approximate surface area is 218 Å². The van der Waals surface area contributed by atoms with Crippen LogP contribution >= 0.6 is 0 Å². The number of H-pyrrole nitrogens is 1. The van der Waals surface area contributed by atoms with Crippen LogP contribution in [0.5, 0.6) is 5.75 Å². The van der Waals surface area contributed by atoms with E-state index in [2.05, 4.69) is 66.0 Å². The lowest BCUT2D eigenvalue weighted by atomic mass is 9.76. The number of nitrogens with two attached hydrogens (primary N) is 1. The van der Waals surface area contributed by atoms with E-state index in [9.17, 15) is 0 Å². The molecule has 0 amide bonds. The van der Waals surface area contributed by atoms with Gasteiger partial charge in [-0.05, 0) is 86.4 Å². The first-order chi connectivity index (χ1) is 17.7. The van der Waals surface area contributed by atoms with Crippen molar-refractivity contribution in [2.45, 2.75) is 66.5 Å². The van der Waals surface area contributed by atoms with Crippen LogP contribution < -0.4 is 15.4 Å². The van der Waals surface area contributed by atoms with Gasteiger partial charge in [0, 0.05) is 23.4 Å². The van der Waals surface area contributed by atoms with Crippen LogP contribution in [-0.4, -0.2) is 33.1 Å². The number of anilines is 1. The van der Waals surface area contributed by atoms with Gasteiger partial charge in [-0.1, -0.05) is 19.9 Å². The molecule has 7 heteroatoms. The van der Waals surface area contributed by atoms with E-state index in [1.165, 1.54) is 16.7 Å². The number of nitrogens with zero attached hydrogens (tertiary/aromatic N) is 4. The van der Waals surface area contributed by atoms with E-state index in [0.717, 1.165) is 83.4 Å². The minimum atomic E-state index is -0.205. The Kier molecular flexibility index (Phi) is 5.71. The molecule has 7 nitrogen and oxygen atoms in total. The molecule has 4 aromatic rings. The van der Waals surface area contributed by atoms with E-state index in [4.69, 9.17) is 20.4 Å². The molecule has 3 heterocycles. The lowest BCUT2D eigenvalue weighted by Gasteiger charge is -2.34. The third kappa shape index (κ3) is 4.46. The largest absolute Gasteiger partial charge is 0.491 e. The number of hydrogen-bond acceptors (Lipinski definition) is 6. The average molecular weight is 497 g/mol. The molecule has 1 atom stereocenters. The predicted octanol–water partition coefficient (Wildman–Crippen LogP) is 5.57. The number of imidazole rings is 1. The second kappa shape index (κ2) is 8.84. The van der Waals surface area contributed by atoms with Crippen molar-refractivity contribution in [1.29, 1.82) is 0 Å². The van der Waals surface area contributed by atoms with Gasteiger partial charge >= 0.3 is 0 Å². The maximum absolute atomic E-state index is 6.33. The van der Waals surface area contributed by atoms with E-state index in [1.807, 2.05) is 13.8 Å². The molecule has 0 fully saturated rings. The summed E-state index contributed by atoms with van der Waals surface area (Å²) < 4.78 is 6.33. The average Bonchev–Trinajstić information content (AvgIpc) is 3.08. The number of nitrogens with one attached hydrogen (secondary N) is 1. The van der Waals surface area contributed by atoms with Crippen molar-refractivity contribution in [2.24, 2.45) is 11.1 Å². The number of aryl methyl sites for hydroxylation is 3. The predicted molar refractivity (Wildman–Crippen MR) is 148 cm³/mol. The van der Waals surface area contributed by atoms with Gasteiger partial charge in [-0.15, -0.1) is 0 Å². The van der Waals surface area contributed by atoms with Crippen LogP contribution in [0.25, 0.3) is 22.2 Å². The van der Waals surface area contributed by atoms with Gasteiger partial charge in [-0.25, -0.2) is 15.0 Å². The number of aromatic amines is 1. The van der Waals surface area contributed by atoms with Crippen LogP contribution in [0.3, 0.4) is 0 Å². The molecule has 0 saturated carbocycles. The molecule has 6 rings (SSSR count). The lowest BCUT2D eigenvalue weighted by Crippen LogP contribution is -2.32. The Morgan fingerprint density at radius 1 is 1.08 bits per heavy atom. The molecule has 0 spiro atoms. The summed E-state index contributed by atoms with van der Waals surface area (Å²) in [7, 11) is 0. The normalized spacial score (nSPS) is 17.6. The van der Waals surface area contributed by atoms with Crippen LogP contribution in [0.4, 0.5) is 5.82 Å². The van der Waals surface area contributed by atoms with Crippen molar-refractivity contribution in [2.75, 3.05) is 18.1 Å². The van der Waals surface area contributed by atoms with Crippen molar-refractivity contribution >= 4 is 16.9 Å². The van der Waals surface area contributed by atoms with E-state index >= 15 is 0 Å². The molecule has 37 heavy (non-hydrogen) atoms. The molecule has 1 unspecified atom stereocenters. The summed E-state index contributed by atoms with van der Waals surface area (Å²) in [5, 5.41) is 0. The first kappa shape index (κ1) is 23.9. The monoisotopic (exact) mass is 496 g/mol. The smallest absolute Gasteiger partial charge is 0.147 e. The van der Waals surface area contributed by atoms with E-state index in [-0.39, 0.29) is 11.5 Å². The minimum Gasteiger partial charge on any atom is -0.491 e. The fourth-order valence-electron chi connectivity index (χ4n) is 5.79. The van der Waals surface area contributed by atoms with Crippen LogP contribution in [-0.2, 0) is 19.4 Å². The highest BCUT2D eigenvalue weighted by Crippen LogP contribution is 2.40. The van der Waals surface area contributed by atoms with Crippen LogP contribution in [0, 0.1) is 19.3 Å². The van der Waals surface area contributed by atoms with Gasteiger partial charge in [0.05, 0.1) is 23.6 Å². The highest BCUT2D eigenvalue weighted by atomic mass is 16.5. The van der Waals surface area contributed by atoms with E-state index < -0.39 is 0 Å². The molecule has 0 radical (unpaired) electrons. The molecule has 3 N–H and O–H groups in total. The second-order valence-electron chi connectivity index (χ2n) is 11.6. The van der Waals surface area contributed by atoms with Gasteiger partial charge in [0.2, 0.25) is 0 Å². The fraction of sp³-hybridized carbons (Fsp3) is 0.433. The van der Waals surface area contributed by atoms with Crippen molar-refractivity contribution < 1.29 is 4.74 Å². The third-order valence-electron chi connectivity index (χ3n) is 7.74. The Bertz CT molecular complexity index is 1500. The zero-order chi connectivity index (χ0) is 25.9. The highest BCUT2D eigenvalue weighted by Gasteiger charge is 2.32. The van der Waals surface area contributed by atoms with Crippen LogP contribution in [0.1, 0.15) is 67.3 Å². The number of rotatable bonds is 3. The summed E-state index contributed by atoms with van der Waals surface area (Å²) in [5.74, 6) is 3.67. The zero-order valence-corrected chi connectivity index (χ0v) is 22.5. The van der Waals surface area contributed by atoms with Gasteiger partial charge in [-0.3, -0.25) is 0 Å². The molecule has 1 aliphatic heterocycles. The first-order valence-corrected chi connectivity index (χ1v) is 13.3. The SMILES string of the molecule is Cc1nc2cc(-c3cc(C)c4c(c3)CN(c3nc(C(C)N)nc5c3CC(C)(C)CC5)CCO4)ccc2[nH]1. The van der Waals surface area contributed by atoms with Crippen molar-refractivity contribution in [3.63, 3.8) is 0 Å². The highest BCUT2D eigenvalue weighted by molar-refractivity contribution is 5.82. The van der Waals surface area contributed by atoms with Gasteiger partial charge < -0.3 is 20.4 Å². The fourth-order valence-corrected chi connectivity index (χ4v) is 5.79. The quantitative estimate of drug-likeness (QED) is 0.385. The number of aromatic nitrogens is 4. The summed E-state index contributed by atoms with van der Waals surface area (Å²) in [6.45, 7) is 12.9. The molecular formula is C30H36N6O. The van der Waals surface area contributed by atoms with Crippen molar-refractivity contribution in [1.82, 2.24) is 19.9 Å². The number of fused-ring (bicyclic) bond motifs is 3. The maximum atomic E-state index is 6.33. The van der Waals surface area contributed by atoms with E-state index in [1.54, 1.807) is 0 Å². The zero-order valence-electron chi connectivity index (χ0n) is 22.5. The molecule has 0 saturated heterocycles. The first-order valence-electron chi connectivity index (χ1n) is 13.3. The molecular weight excluding hydrogens is 460 g/mol. The topological polar surface area (TPSA) is 93.0 Å². The molecule has 2 aromatic carbocycles. The minimum absolute atomic E-state index is 0.205. The van der Waals surface area contributed by atoms with Crippen molar-refractivity contribution in [3.8, 4) is 16.9 Å². The summed E-state index contributed by atoms with van der Waals surface area (Å²) in [4.78, 5) is 20.3. The molecule has 1 aliphatic carbocycles. The van der Waals surface area contributed by atoms with E-state index in [0.29, 0.717) is 6.61 Å². The molecule has 2 aromatic heterocycles. The Morgan fingerprint density at radius 3 is 2.73 bits per heavy atom. The summed E-state index contributed by atoms with van der Waals surface area (Å²) in [5.41, 5.74) is 15.6. The number of benzene rings is 2. The second-order valence-corrected chi connectivity index (χ2v) is 11.6. The third-order valence-corrected chi connectivity index (χ3v) is 7.74. The summed E-state index contributed by atoms with van der Waals surface area (Å²) in [6, 6.07) is 10.7. The van der Waals surface area contributed by atoms with Gasteiger partial charge in [0.25, 0.3) is 0 Å². The summed E-state index contributed by atoms with van der Waals surface area (Å²) in [6.07, 6.45) is 3.07. The number of hydrogen-bond donors (Lipinski definition) is 2. The molecule has 2 aliphatic rings.